The monoisotopic (exact) mass is 323 g/mol. The van der Waals surface area contributed by atoms with Crippen LogP contribution in [0.1, 0.15) is 36.7 Å². The van der Waals surface area contributed by atoms with Crippen molar-refractivity contribution in [2.45, 2.75) is 26.9 Å². The average Bonchev–Trinajstić information content (AvgIpc) is 2.53. The number of hydrogen-bond donors (Lipinski definition) is 1. The second kappa shape index (κ2) is 8.11. The van der Waals surface area contributed by atoms with Crippen molar-refractivity contribution < 1.29 is 14.3 Å². The first-order valence-electron chi connectivity index (χ1n) is 7.81. The molecule has 0 bridgehead atoms. The summed E-state index contributed by atoms with van der Waals surface area (Å²) in [6, 6.07) is 14.4. The summed E-state index contributed by atoms with van der Waals surface area (Å²) in [5, 5.41) is 2.75. The minimum absolute atomic E-state index is 0.0383. The fourth-order valence-electron chi connectivity index (χ4n) is 2.14. The highest BCUT2D eigenvalue weighted by Crippen LogP contribution is 2.16. The molecule has 0 aliphatic rings. The molecule has 4 nitrogen and oxygen atoms in total. The highest BCUT2D eigenvalue weighted by Gasteiger charge is 2.03. The van der Waals surface area contributed by atoms with Gasteiger partial charge in [0.15, 0.2) is 5.78 Å². The number of rotatable bonds is 6. The number of carbonyl (C=O) groups excluding carboxylic acids is 2. The third-order valence-corrected chi connectivity index (χ3v) is 3.19. The molecule has 0 spiro atoms. The van der Waals surface area contributed by atoms with E-state index in [0.29, 0.717) is 11.3 Å². The van der Waals surface area contributed by atoms with E-state index in [9.17, 15) is 9.59 Å². The molecule has 4 heteroatoms. The first kappa shape index (κ1) is 17.5. The number of hydrogen-bond acceptors (Lipinski definition) is 3. The zero-order chi connectivity index (χ0) is 17.5. The van der Waals surface area contributed by atoms with E-state index in [0.717, 1.165) is 11.3 Å². The van der Waals surface area contributed by atoms with Crippen molar-refractivity contribution in [3.63, 3.8) is 0 Å². The smallest absolute Gasteiger partial charge is 0.248 e. The van der Waals surface area contributed by atoms with E-state index >= 15 is 0 Å². The van der Waals surface area contributed by atoms with Crippen molar-refractivity contribution in [2.24, 2.45) is 0 Å². The summed E-state index contributed by atoms with van der Waals surface area (Å²) in [7, 11) is 0. The van der Waals surface area contributed by atoms with E-state index in [1.807, 2.05) is 38.1 Å². The maximum Gasteiger partial charge on any atom is 0.248 e. The SMILES string of the molecule is CC(=O)c1cccc(NC(=O)/C=C/c2cccc(OC(C)C)c2)c1. The third-order valence-electron chi connectivity index (χ3n) is 3.19. The zero-order valence-corrected chi connectivity index (χ0v) is 14.1. The molecule has 0 radical (unpaired) electrons. The van der Waals surface area contributed by atoms with E-state index in [1.54, 1.807) is 30.3 Å². The van der Waals surface area contributed by atoms with Crippen LogP contribution < -0.4 is 10.1 Å². The van der Waals surface area contributed by atoms with Crippen LogP contribution in [0.25, 0.3) is 6.08 Å². The molecule has 2 aromatic carbocycles. The number of ether oxygens (including phenoxy) is 1. The van der Waals surface area contributed by atoms with Gasteiger partial charge in [-0.15, -0.1) is 0 Å². The highest BCUT2D eigenvalue weighted by atomic mass is 16.5. The Hall–Kier alpha value is -2.88. The predicted octanol–water partition coefficient (Wildman–Crippen LogP) is 4.33. The third kappa shape index (κ3) is 5.39. The molecule has 0 unspecified atom stereocenters. The summed E-state index contributed by atoms with van der Waals surface area (Å²) in [4.78, 5) is 23.4. The Morgan fingerprint density at radius 1 is 1.08 bits per heavy atom. The maximum atomic E-state index is 12.0. The van der Waals surface area contributed by atoms with Crippen LogP contribution in [0.2, 0.25) is 0 Å². The van der Waals surface area contributed by atoms with Gasteiger partial charge < -0.3 is 10.1 Å². The highest BCUT2D eigenvalue weighted by molar-refractivity contribution is 6.03. The summed E-state index contributed by atoms with van der Waals surface area (Å²) >= 11 is 0. The van der Waals surface area contributed by atoms with Gasteiger partial charge in [-0.2, -0.15) is 0 Å². The molecule has 0 aromatic heterocycles. The van der Waals surface area contributed by atoms with Crippen molar-refractivity contribution in [3.8, 4) is 5.75 Å². The minimum atomic E-state index is -0.258. The van der Waals surface area contributed by atoms with Gasteiger partial charge in [-0.1, -0.05) is 24.3 Å². The van der Waals surface area contributed by atoms with Gasteiger partial charge >= 0.3 is 0 Å². The second-order valence-electron chi connectivity index (χ2n) is 5.70. The quantitative estimate of drug-likeness (QED) is 0.636. The van der Waals surface area contributed by atoms with Crippen molar-refractivity contribution in [3.05, 3.63) is 65.7 Å². The molecule has 0 aliphatic carbocycles. The van der Waals surface area contributed by atoms with Crippen molar-refractivity contribution >= 4 is 23.5 Å². The predicted molar refractivity (Wildman–Crippen MR) is 96.3 cm³/mol. The van der Waals surface area contributed by atoms with Crippen LogP contribution in [0.15, 0.2) is 54.6 Å². The lowest BCUT2D eigenvalue weighted by atomic mass is 10.1. The van der Waals surface area contributed by atoms with Crippen LogP contribution >= 0.6 is 0 Å². The Bertz CT molecular complexity index is 763. The van der Waals surface area contributed by atoms with Gasteiger partial charge in [0, 0.05) is 17.3 Å². The first-order chi connectivity index (χ1) is 11.4. The second-order valence-corrected chi connectivity index (χ2v) is 5.70. The number of amides is 1. The number of anilines is 1. The van der Waals surface area contributed by atoms with Crippen molar-refractivity contribution in [1.82, 2.24) is 0 Å². The molecule has 0 saturated heterocycles. The molecule has 0 heterocycles. The molecule has 2 aromatic rings. The minimum Gasteiger partial charge on any atom is -0.491 e. The van der Waals surface area contributed by atoms with Gasteiger partial charge in [-0.05, 0) is 56.7 Å². The number of carbonyl (C=O) groups is 2. The molecule has 1 N–H and O–H groups in total. The molecule has 0 fully saturated rings. The van der Waals surface area contributed by atoms with Gasteiger partial charge in [0.2, 0.25) is 5.91 Å². The van der Waals surface area contributed by atoms with Crippen LogP contribution in [-0.2, 0) is 4.79 Å². The van der Waals surface area contributed by atoms with Gasteiger partial charge in [-0.25, -0.2) is 0 Å². The van der Waals surface area contributed by atoms with E-state index in [1.165, 1.54) is 13.0 Å². The van der Waals surface area contributed by atoms with Crippen LogP contribution in [0.3, 0.4) is 0 Å². The molecular weight excluding hydrogens is 302 g/mol. The van der Waals surface area contributed by atoms with E-state index in [2.05, 4.69) is 5.32 Å². The van der Waals surface area contributed by atoms with Gasteiger partial charge in [0.1, 0.15) is 5.75 Å². The van der Waals surface area contributed by atoms with Crippen LogP contribution in [0.4, 0.5) is 5.69 Å². The fraction of sp³-hybridized carbons (Fsp3) is 0.200. The fourth-order valence-corrected chi connectivity index (χ4v) is 2.14. The number of ketones is 1. The van der Waals surface area contributed by atoms with Gasteiger partial charge in [0.25, 0.3) is 0 Å². The standard InChI is InChI=1S/C20H21NO3/c1-14(2)24-19-9-4-6-16(12-19)10-11-20(23)21-18-8-5-7-17(13-18)15(3)22/h4-14H,1-3H3,(H,21,23)/b11-10+. The molecule has 1 amide bonds. The van der Waals surface area contributed by atoms with E-state index < -0.39 is 0 Å². The summed E-state index contributed by atoms with van der Waals surface area (Å²) in [5.74, 6) is 0.469. The summed E-state index contributed by atoms with van der Waals surface area (Å²) < 4.78 is 5.63. The lowest BCUT2D eigenvalue weighted by molar-refractivity contribution is -0.111. The molecule has 0 aliphatic heterocycles. The molecule has 24 heavy (non-hydrogen) atoms. The zero-order valence-electron chi connectivity index (χ0n) is 14.1. The molecular formula is C20H21NO3. The Balaban J connectivity index is 2.03. The first-order valence-corrected chi connectivity index (χ1v) is 7.81. The Kier molecular flexibility index (Phi) is 5.90. The summed E-state index contributed by atoms with van der Waals surface area (Å²) in [6.45, 7) is 5.42. The number of benzene rings is 2. The van der Waals surface area contributed by atoms with Gasteiger partial charge in [-0.3, -0.25) is 9.59 Å². The van der Waals surface area contributed by atoms with E-state index in [4.69, 9.17) is 4.74 Å². The Morgan fingerprint density at radius 3 is 2.54 bits per heavy atom. The lowest BCUT2D eigenvalue weighted by Gasteiger charge is -2.09. The van der Waals surface area contributed by atoms with Crippen molar-refractivity contribution in [1.29, 1.82) is 0 Å². The van der Waals surface area contributed by atoms with Crippen LogP contribution in [0, 0.1) is 0 Å². The summed E-state index contributed by atoms with van der Waals surface area (Å²) in [6.07, 6.45) is 3.27. The van der Waals surface area contributed by atoms with Crippen LogP contribution in [0.5, 0.6) is 5.75 Å². The molecule has 0 atom stereocenters. The topological polar surface area (TPSA) is 55.4 Å². The normalized spacial score (nSPS) is 10.8. The van der Waals surface area contributed by atoms with E-state index in [-0.39, 0.29) is 17.8 Å². The number of Topliss-reactive ketones (excluding diaryl/α,β-unsaturated/α-hetero) is 1. The lowest BCUT2D eigenvalue weighted by Crippen LogP contribution is -2.08. The Labute approximate surface area is 142 Å². The summed E-state index contributed by atoms with van der Waals surface area (Å²) in [5.41, 5.74) is 2.03. The Morgan fingerprint density at radius 2 is 1.83 bits per heavy atom. The van der Waals surface area contributed by atoms with Crippen LogP contribution in [-0.4, -0.2) is 17.8 Å². The largest absolute Gasteiger partial charge is 0.491 e. The maximum absolute atomic E-state index is 12.0. The molecule has 0 saturated carbocycles. The molecule has 2 rings (SSSR count). The number of nitrogens with one attached hydrogen (secondary N) is 1. The average molecular weight is 323 g/mol. The van der Waals surface area contributed by atoms with Crippen molar-refractivity contribution in [2.75, 3.05) is 5.32 Å². The van der Waals surface area contributed by atoms with Gasteiger partial charge in [0.05, 0.1) is 6.10 Å². The molecule has 124 valence electrons.